The lowest BCUT2D eigenvalue weighted by molar-refractivity contribution is -0.135. The lowest BCUT2D eigenvalue weighted by Gasteiger charge is -2.34. The normalized spacial score (nSPS) is 14.8. The van der Waals surface area contributed by atoms with E-state index in [1.807, 2.05) is 48.2 Å². The Kier molecular flexibility index (Phi) is 6.54. The van der Waals surface area contributed by atoms with Crippen LogP contribution in [0.5, 0.6) is 17.2 Å². The highest BCUT2D eigenvalue weighted by molar-refractivity contribution is 5.78. The van der Waals surface area contributed by atoms with Gasteiger partial charge in [-0.3, -0.25) is 9.69 Å². The van der Waals surface area contributed by atoms with Gasteiger partial charge in [0.2, 0.25) is 0 Å². The van der Waals surface area contributed by atoms with Crippen LogP contribution in [0.15, 0.2) is 48.5 Å². The Morgan fingerprint density at radius 1 is 1.00 bits per heavy atom. The van der Waals surface area contributed by atoms with Crippen molar-refractivity contribution in [2.75, 3.05) is 39.4 Å². The van der Waals surface area contributed by atoms with Crippen molar-refractivity contribution in [3.63, 3.8) is 0 Å². The molecule has 1 heterocycles. The Labute approximate surface area is 159 Å². The molecule has 1 saturated heterocycles. The Morgan fingerprint density at radius 2 is 1.70 bits per heavy atom. The second-order valence-corrected chi connectivity index (χ2v) is 6.50. The highest BCUT2D eigenvalue weighted by Gasteiger charge is 2.21. The maximum absolute atomic E-state index is 12.5. The van der Waals surface area contributed by atoms with Gasteiger partial charge in [0.05, 0.1) is 6.61 Å². The molecule has 6 heteroatoms. The van der Waals surface area contributed by atoms with Gasteiger partial charge in [0, 0.05) is 32.7 Å². The van der Waals surface area contributed by atoms with Gasteiger partial charge in [-0.05, 0) is 36.8 Å². The largest absolute Gasteiger partial charge is 0.508 e. The van der Waals surface area contributed by atoms with Gasteiger partial charge in [-0.25, -0.2) is 0 Å². The van der Waals surface area contributed by atoms with Crippen molar-refractivity contribution in [2.24, 2.45) is 0 Å². The van der Waals surface area contributed by atoms with E-state index < -0.39 is 0 Å². The monoisotopic (exact) mass is 370 g/mol. The first kappa shape index (κ1) is 19.0. The summed E-state index contributed by atoms with van der Waals surface area (Å²) in [5.41, 5.74) is 1.07. The van der Waals surface area contributed by atoms with Crippen LogP contribution >= 0.6 is 0 Å². The fraction of sp³-hybridized carbons (Fsp3) is 0.381. The quantitative estimate of drug-likeness (QED) is 0.811. The average Bonchev–Trinajstić information content (AvgIpc) is 2.68. The smallest absolute Gasteiger partial charge is 0.260 e. The molecule has 0 spiro atoms. The van der Waals surface area contributed by atoms with E-state index >= 15 is 0 Å². The molecule has 1 aliphatic rings. The molecule has 2 aromatic rings. The fourth-order valence-electron chi connectivity index (χ4n) is 3.14. The van der Waals surface area contributed by atoms with E-state index in [4.69, 9.17) is 9.47 Å². The number of amides is 1. The summed E-state index contributed by atoms with van der Waals surface area (Å²) in [6, 6.07) is 14.7. The van der Waals surface area contributed by atoms with E-state index in [1.165, 1.54) is 0 Å². The summed E-state index contributed by atoms with van der Waals surface area (Å²) in [5, 5.41) is 9.57. The molecule has 144 valence electrons. The molecule has 6 nitrogen and oxygen atoms in total. The van der Waals surface area contributed by atoms with Crippen LogP contribution in [0, 0.1) is 0 Å². The van der Waals surface area contributed by atoms with E-state index in [0.29, 0.717) is 31.2 Å². The van der Waals surface area contributed by atoms with Gasteiger partial charge in [0.25, 0.3) is 5.91 Å². The molecule has 3 rings (SSSR count). The van der Waals surface area contributed by atoms with Gasteiger partial charge >= 0.3 is 0 Å². The van der Waals surface area contributed by atoms with E-state index in [1.54, 1.807) is 12.1 Å². The number of ether oxygens (including phenoxy) is 2. The average molecular weight is 370 g/mol. The van der Waals surface area contributed by atoms with Crippen molar-refractivity contribution < 1.29 is 19.4 Å². The number of aromatic hydroxyl groups is 1. The summed E-state index contributed by atoms with van der Waals surface area (Å²) in [7, 11) is 0. The zero-order valence-electron chi connectivity index (χ0n) is 15.6. The first-order valence-electron chi connectivity index (χ1n) is 9.28. The minimum atomic E-state index is -0.0155. The minimum Gasteiger partial charge on any atom is -0.508 e. The number of hydrogen-bond acceptors (Lipinski definition) is 5. The number of para-hydroxylation sites is 2. The SMILES string of the molecule is CCOc1ccccc1OCC(=O)N1CCN(Cc2cccc(O)c2)CC1. The van der Waals surface area contributed by atoms with Gasteiger partial charge in [0.15, 0.2) is 18.1 Å². The summed E-state index contributed by atoms with van der Waals surface area (Å²) >= 11 is 0. The van der Waals surface area contributed by atoms with Crippen molar-refractivity contribution in [3.05, 3.63) is 54.1 Å². The summed E-state index contributed by atoms with van der Waals surface area (Å²) in [5.74, 6) is 1.52. The van der Waals surface area contributed by atoms with E-state index in [9.17, 15) is 9.90 Å². The van der Waals surface area contributed by atoms with Crippen LogP contribution in [0.25, 0.3) is 0 Å². The van der Waals surface area contributed by atoms with Crippen molar-refractivity contribution in [3.8, 4) is 17.2 Å². The first-order valence-corrected chi connectivity index (χ1v) is 9.28. The summed E-state index contributed by atoms with van der Waals surface area (Å²) < 4.78 is 11.2. The highest BCUT2D eigenvalue weighted by Crippen LogP contribution is 2.26. The molecule has 1 aliphatic heterocycles. The highest BCUT2D eigenvalue weighted by atomic mass is 16.5. The molecule has 1 fully saturated rings. The molecular weight excluding hydrogens is 344 g/mol. The molecule has 2 aromatic carbocycles. The van der Waals surface area contributed by atoms with Gasteiger partial charge in [-0.2, -0.15) is 0 Å². The van der Waals surface area contributed by atoms with Crippen molar-refractivity contribution >= 4 is 5.91 Å². The number of nitrogens with zero attached hydrogens (tertiary/aromatic N) is 2. The first-order chi connectivity index (χ1) is 13.2. The van der Waals surface area contributed by atoms with Crippen LogP contribution in [0.4, 0.5) is 0 Å². The van der Waals surface area contributed by atoms with E-state index in [-0.39, 0.29) is 18.3 Å². The van der Waals surface area contributed by atoms with Crippen LogP contribution in [0.3, 0.4) is 0 Å². The second kappa shape index (κ2) is 9.28. The Hall–Kier alpha value is -2.73. The molecule has 1 amide bonds. The number of phenolic OH excluding ortho intramolecular Hbond substituents is 1. The van der Waals surface area contributed by atoms with Crippen LogP contribution in [0.1, 0.15) is 12.5 Å². The number of phenols is 1. The van der Waals surface area contributed by atoms with E-state index in [2.05, 4.69) is 4.90 Å². The zero-order chi connectivity index (χ0) is 19.1. The molecular formula is C21H26N2O4. The fourth-order valence-corrected chi connectivity index (χ4v) is 3.14. The topological polar surface area (TPSA) is 62.2 Å². The van der Waals surface area contributed by atoms with Crippen molar-refractivity contribution in [2.45, 2.75) is 13.5 Å². The standard InChI is InChI=1S/C21H26N2O4/c1-2-26-19-8-3-4-9-20(19)27-16-21(25)23-12-10-22(11-13-23)15-17-6-5-7-18(24)14-17/h3-9,14,24H,2,10-13,15-16H2,1H3. The minimum absolute atomic E-state index is 0.0106. The Bertz CT molecular complexity index is 757. The third-order valence-electron chi connectivity index (χ3n) is 4.54. The van der Waals surface area contributed by atoms with Crippen LogP contribution < -0.4 is 9.47 Å². The Balaban J connectivity index is 1.46. The number of carbonyl (C=O) groups excluding carboxylic acids is 1. The summed E-state index contributed by atoms with van der Waals surface area (Å²) in [6.07, 6.45) is 0. The van der Waals surface area contributed by atoms with Crippen LogP contribution in [-0.2, 0) is 11.3 Å². The zero-order valence-corrected chi connectivity index (χ0v) is 15.6. The lowest BCUT2D eigenvalue weighted by Crippen LogP contribution is -2.49. The van der Waals surface area contributed by atoms with E-state index in [0.717, 1.165) is 25.2 Å². The molecule has 0 saturated carbocycles. The number of piperazine rings is 1. The second-order valence-electron chi connectivity index (χ2n) is 6.50. The molecule has 0 aliphatic carbocycles. The number of hydrogen-bond donors (Lipinski definition) is 1. The third-order valence-corrected chi connectivity index (χ3v) is 4.54. The lowest BCUT2D eigenvalue weighted by atomic mass is 10.2. The van der Waals surface area contributed by atoms with Crippen LogP contribution in [0.2, 0.25) is 0 Å². The van der Waals surface area contributed by atoms with Gasteiger partial charge < -0.3 is 19.5 Å². The number of rotatable bonds is 7. The van der Waals surface area contributed by atoms with Crippen molar-refractivity contribution in [1.29, 1.82) is 0 Å². The number of benzene rings is 2. The van der Waals surface area contributed by atoms with Gasteiger partial charge in [-0.1, -0.05) is 24.3 Å². The maximum Gasteiger partial charge on any atom is 0.260 e. The molecule has 27 heavy (non-hydrogen) atoms. The summed E-state index contributed by atoms with van der Waals surface area (Å²) in [4.78, 5) is 16.6. The van der Waals surface area contributed by atoms with Crippen molar-refractivity contribution in [1.82, 2.24) is 9.80 Å². The van der Waals surface area contributed by atoms with Crippen LogP contribution in [-0.4, -0.2) is 60.2 Å². The van der Waals surface area contributed by atoms with Gasteiger partial charge in [0.1, 0.15) is 5.75 Å². The molecule has 0 unspecified atom stereocenters. The molecule has 1 N–H and O–H groups in total. The predicted molar refractivity (Wildman–Crippen MR) is 103 cm³/mol. The number of carbonyl (C=O) groups is 1. The molecule has 0 aromatic heterocycles. The molecule has 0 atom stereocenters. The van der Waals surface area contributed by atoms with Gasteiger partial charge in [-0.15, -0.1) is 0 Å². The predicted octanol–water partition coefficient (Wildman–Crippen LogP) is 2.51. The maximum atomic E-state index is 12.5. The molecule has 0 bridgehead atoms. The Morgan fingerprint density at radius 3 is 2.37 bits per heavy atom. The molecule has 0 radical (unpaired) electrons. The summed E-state index contributed by atoms with van der Waals surface area (Å²) in [6.45, 7) is 6.20. The third kappa shape index (κ3) is 5.37.